The third-order valence-corrected chi connectivity index (χ3v) is 4.08. The fraction of sp³-hybridized carbons (Fsp3) is 0.818. The Morgan fingerprint density at radius 1 is 1.12 bits per heavy atom. The van der Waals surface area contributed by atoms with Crippen molar-refractivity contribution in [2.45, 2.75) is 18.9 Å². The van der Waals surface area contributed by atoms with E-state index in [4.69, 9.17) is 5.11 Å². The van der Waals surface area contributed by atoms with E-state index in [0.717, 1.165) is 32.2 Å². The van der Waals surface area contributed by atoms with Gasteiger partial charge in [-0.15, -0.1) is 11.8 Å². The summed E-state index contributed by atoms with van der Waals surface area (Å²) in [7, 11) is 0. The molecule has 17 heavy (non-hydrogen) atoms. The lowest BCUT2D eigenvalue weighted by Crippen LogP contribution is -2.49. The molecule has 1 aliphatic carbocycles. The summed E-state index contributed by atoms with van der Waals surface area (Å²) >= 11 is 1.18. The highest BCUT2D eigenvalue weighted by molar-refractivity contribution is 8.00. The van der Waals surface area contributed by atoms with Crippen LogP contribution in [0.25, 0.3) is 0 Å². The van der Waals surface area contributed by atoms with Crippen LogP contribution in [-0.2, 0) is 9.59 Å². The third kappa shape index (κ3) is 3.89. The monoisotopic (exact) mass is 258 g/mol. The second-order valence-corrected chi connectivity index (χ2v) is 5.52. The summed E-state index contributed by atoms with van der Waals surface area (Å²) in [6.45, 7) is 3.53. The van der Waals surface area contributed by atoms with Gasteiger partial charge in [0, 0.05) is 32.2 Å². The zero-order valence-electron chi connectivity index (χ0n) is 9.80. The highest BCUT2D eigenvalue weighted by atomic mass is 32.2. The first-order valence-corrected chi connectivity index (χ1v) is 7.13. The predicted molar refractivity (Wildman–Crippen MR) is 66.1 cm³/mol. The maximum atomic E-state index is 11.8. The van der Waals surface area contributed by atoms with E-state index in [2.05, 4.69) is 4.90 Å². The zero-order chi connectivity index (χ0) is 12.3. The van der Waals surface area contributed by atoms with E-state index in [1.807, 2.05) is 4.90 Å². The molecule has 1 aliphatic heterocycles. The van der Waals surface area contributed by atoms with Crippen LogP contribution in [0.4, 0.5) is 0 Å². The fourth-order valence-electron chi connectivity index (χ4n) is 2.09. The molecule has 0 aromatic heterocycles. The molecule has 1 saturated carbocycles. The van der Waals surface area contributed by atoms with Gasteiger partial charge in [-0.1, -0.05) is 0 Å². The molecule has 2 rings (SSSR count). The number of piperazine rings is 1. The topological polar surface area (TPSA) is 60.9 Å². The quantitative estimate of drug-likeness (QED) is 0.758. The van der Waals surface area contributed by atoms with E-state index < -0.39 is 5.97 Å². The van der Waals surface area contributed by atoms with Crippen molar-refractivity contribution in [2.24, 2.45) is 0 Å². The van der Waals surface area contributed by atoms with Crippen LogP contribution < -0.4 is 0 Å². The van der Waals surface area contributed by atoms with Gasteiger partial charge in [-0.05, 0) is 12.8 Å². The van der Waals surface area contributed by atoms with Crippen molar-refractivity contribution in [3.8, 4) is 0 Å². The number of carbonyl (C=O) groups is 2. The molecule has 0 aromatic carbocycles. The van der Waals surface area contributed by atoms with Crippen LogP contribution in [0.1, 0.15) is 12.8 Å². The fourth-order valence-corrected chi connectivity index (χ4v) is 2.73. The average Bonchev–Trinajstić information content (AvgIpc) is 3.12. The molecule has 0 aromatic rings. The first-order chi connectivity index (χ1) is 8.16. The Balaban J connectivity index is 1.65. The molecule has 96 valence electrons. The Kier molecular flexibility index (Phi) is 4.28. The average molecular weight is 258 g/mol. The van der Waals surface area contributed by atoms with Crippen molar-refractivity contribution in [2.75, 3.05) is 37.7 Å². The summed E-state index contributed by atoms with van der Waals surface area (Å²) in [4.78, 5) is 26.4. The summed E-state index contributed by atoms with van der Waals surface area (Å²) in [5, 5.41) is 8.49. The summed E-state index contributed by atoms with van der Waals surface area (Å²) in [6, 6.07) is 0.772. The Bertz CT molecular complexity index is 299. The van der Waals surface area contributed by atoms with Gasteiger partial charge in [-0.25, -0.2) is 0 Å². The van der Waals surface area contributed by atoms with Crippen LogP contribution in [0.3, 0.4) is 0 Å². The van der Waals surface area contributed by atoms with E-state index in [-0.39, 0.29) is 17.4 Å². The third-order valence-electron chi connectivity index (χ3n) is 3.18. The number of hydrogen-bond acceptors (Lipinski definition) is 4. The Labute approximate surface area is 105 Å². The minimum atomic E-state index is -0.860. The molecule has 0 bridgehead atoms. The Hall–Kier alpha value is -0.750. The summed E-state index contributed by atoms with van der Waals surface area (Å²) < 4.78 is 0. The molecule has 5 nitrogen and oxygen atoms in total. The number of rotatable bonds is 5. The van der Waals surface area contributed by atoms with E-state index >= 15 is 0 Å². The molecule has 6 heteroatoms. The number of carbonyl (C=O) groups excluding carboxylic acids is 1. The van der Waals surface area contributed by atoms with Crippen LogP contribution in [0.5, 0.6) is 0 Å². The molecule has 2 fully saturated rings. The maximum absolute atomic E-state index is 11.8. The molecule has 1 amide bonds. The molecule has 1 heterocycles. The first-order valence-electron chi connectivity index (χ1n) is 5.98. The largest absolute Gasteiger partial charge is 0.481 e. The molecule has 1 N–H and O–H groups in total. The van der Waals surface area contributed by atoms with Gasteiger partial charge in [0.2, 0.25) is 5.91 Å². The van der Waals surface area contributed by atoms with Gasteiger partial charge in [0.05, 0.1) is 11.5 Å². The Morgan fingerprint density at radius 3 is 2.29 bits per heavy atom. The number of hydrogen-bond donors (Lipinski definition) is 1. The summed E-state index contributed by atoms with van der Waals surface area (Å²) in [5.74, 6) is -0.489. The van der Waals surface area contributed by atoms with Gasteiger partial charge in [-0.2, -0.15) is 0 Å². The van der Waals surface area contributed by atoms with E-state index in [9.17, 15) is 9.59 Å². The van der Waals surface area contributed by atoms with Crippen molar-refractivity contribution in [3.05, 3.63) is 0 Å². The van der Waals surface area contributed by atoms with Gasteiger partial charge in [0.25, 0.3) is 0 Å². The highest BCUT2D eigenvalue weighted by Gasteiger charge is 2.32. The van der Waals surface area contributed by atoms with Crippen LogP contribution in [0, 0.1) is 0 Å². The number of nitrogens with zero attached hydrogens (tertiary/aromatic N) is 2. The van der Waals surface area contributed by atoms with Gasteiger partial charge in [0.15, 0.2) is 0 Å². The van der Waals surface area contributed by atoms with Crippen molar-refractivity contribution in [3.63, 3.8) is 0 Å². The maximum Gasteiger partial charge on any atom is 0.313 e. The first kappa shape index (κ1) is 12.7. The molecule has 0 radical (unpaired) electrons. The zero-order valence-corrected chi connectivity index (χ0v) is 10.6. The molecule has 0 spiro atoms. The number of aliphatic carboxylic acids is 1. The number of thioether (sulfide) groups is 1. The molecular weight excluding hydrogens is 240 g/mol. The number of carboxylic acids is 1. The molecule has 2 aliphatic rings. The lowest BCUT2D eigenvalue weighted by molar-refractivity contribution is -0.133. The van der Waals surface area contributed by atoms with Gasteiger partial charge in [-0.3, -0.25) is 14.5 Å². The normalized spacial score (nSPS) is 21.5. The van der Waals surface area contributed by atoms with Crippen LogP contribution >= 0.6 is 11.8 Å². The summed E-state index contributed by atoms with van der Waals surface area (Å²) in [5.41, 5.74) is 0. The van der Waals surface area contributed by atoms with E-state index in [0.29, 0.717) is 0 Å². The van der Waals surface area contributed by atoms with Gasteiger partial charge in [0.1, 0.15) is 0 Å². The molecule has 0 unspecified atom stereocenters. The van der Waals surface area contributed by atoms with Crippen LogP contribution in [0.2, 0.25) is 0 Å². The van der Waals surface area contributed by atoms with Crippen molar-refractivity contribution >= 4 is 23.6 Å². The SMILES string of the molecule is O=C(O)CSCC(=O)N1CCN(C2CC2)CC1. The van der Waals surface area contributed by atoms with Crippen LogP contribution in [0.15, 0.2) is 0 Å². The molecular formula is C11H18N2O3S. The standard InChI is InChI=1S/C11H18N2O3S/c14-10(7-17-8-11(15)16)13-5-3-12(4-6-13)9-1-2-9/h9H,1-8H2,(H,15,16). The minimum absolute atomic E-state index is 0.00772. The van der Waals surface area contributed by atoms with E-state index in [1.165, 1.54) is 24.6 Å². The Morgan fingerprint density at radius 2 is 1.76 bits per heavy atom. The van der Waals surface area contributed by atoms with Gasteiger partial charge >= 0.3 is 5.97 Å². The molecule has 0 atom stereocenters. The lowest BCUT2D eigenvalue weighted by Gasteiger charge is -2.34. The van der Waals surface area contributed by atoms with Crippen molar-refractivity contribution in [1.29, 1.82) is 0 Å². The lowest BCUT2D eigenvalue weighted by atomic mass is 10.3. The number of carboxylic acid groups (broad SMARTS) is 1. The predicted octanol–water partition coefficient (Wildman–Crippen LogP) is 0.111. The van der Waals surface area contributed by atoms with Crippen LogP contribution in [-0.4, -0.2) is 70.5 Å². The summed E-state index contributed by atoms with van der Waals surface area (Å²) in [6.07, 6.45) is 2.62. The highest BCUT2D eigenvalue weighted by Crippen LogP contribution is 2.27. The van der Waals surface area contributed by atoms with Crippen molar-refractivity contribution < 1.29 is 14.7 Å². The van der Waals surface area contributed by atoms with Crippen molar-refractivity contribution in [1.82, 2.24) is 9.80 Å². The van der Waals surface area contributed by atoms with E-state index in [1.54, 1.807) is 0 Å². The molecule has 1 saturated heterocycles. The smallest absolute Gasteiger partial charge is 0.313 e. The minimum Gasteiger partial charge on any atom is -0.481 e. The second kappa shape index (κ2) is 5.73. The van der Waals surface area contributed by atoms with Gasteiger partial charge < -0.3 is 10.0 Å². The second-order valence-electron chi connectivity index (χ2n) is 4.53. The number of amides is 1.